The Balaban J connectivity index is 2.28. The fourth-order valence-electron chi connectivity index (χ4n) is 1.75. The summed E-state index contributed by atoms with van der Waals surface area (Å²) in [5.74, 6) is -0.601. The molecule has 0 aliphatic rings. The third kappa shape index (κ3) is 3.70. The van der Waals surface area contributed by atoms with Gasteiger partial charge in [-0.1, -0.05) is 13.3 Å². The number of carbonyl (C=O) groups is 1. The van der Waals surface area contributed by atoms with Crippen molar-refractivity contribution >= 4 is 33.6 Å². The second-order valence-electron chi connectivity index (χ2n) is 4.42. The van der Waals surface area contributed by atoms with E-state index in [-0.39, 0.29) is 5.57 Å². The van der Waals surface area contributed by atoms with Gasteiger partial charge in [-0.3, -0.25) is 4.40 Å². The van der Waals surface area contributed by atoms with E-state index in [1.165, 1.54) is 6.08 Å². The van der Waals surface area contributed by atoms with Crippen LogP contribution in [0, 0.1) is 11.3 Å². The highest BCUT2D eigenvalue weighted by atomic mass is 79.9. The van der Waals surface area contributed by atoms with Gasteiger partial charge in [0.2, 0.25) is 0 Å². The molecule has 0 radical (unpaired) electrons. The van der Waals surface area contributed by atoms with E-state index in [0.29, 0.717) is 12.3 Å². The average Bonchev–Trinajstić information content (AvgIpc) is 2.87. The molecule has 0 atom stereocenters. The maximum absolute atomic E-state index is 11.8. The van der Waals surface area contributed by atoms with Gasteiger partial charge in [-0.25, -0.2) is 9.78 Å². The van der Waals surface area contributed by atoms with Gasteiger partial charge in [0.25, 0.3) is 0 Å². The zero-order valence-corrected chi connectivity index (χ0v) is 13.1. The van der Waals surface area contributed by atoms with E-state index >= 15 is 0 Å². The summed E-state index contributed by atoms with van der Waals surface area (Å²) in [5, 5.41) is 9.12. The third-order valence-corrected chi connectivity index (χ3v) is 3.33. The summed E-state index contributed by atoms with van der Waals surface area (Å²) in [4.78, 5) is 16.0. The molecule has 6 heteroatoms. The molecule has 108 valence electrons. The Hall–Kier alpha value is -2.13. The van der Waals surface area contributed by atoms with Gasteiger partial charge in [-0.2, -0.15) is 5.26 Å². The quantitative estimate of drug-likeness (QED) is 0.360. The lowest BCUT2D eigenvalue weighted by Crippen LogP contribution is -2.08. The molecule has 2 aromatic heterocycles. The van der Waals surface area contributed by atoms with E-state index in [1.807, 2.05) is 31.3 Å². The molecule has 5 nitrogen and oxygen atoms in total. The minimum Gasteiger partial charge on any atom is -0.462 e. The standard InChI is InChI=1S/C15H14BrN3O2/c1-2-3-6-21-15(20)11(8-17)7-13-9-18-14-5-4-12(16)10-19(13)14/h4-5,7,9-10H,2-3,6H2,1H3/b11-7-. The van der Waals surface area contributed by atoms with Crippen molar-refractivity contribution in [2.75, 3.05) is 6.61 Å². The second kappa shape index (κ2) is 7.04. The van der Waals surface area contributed by atoms with Crippen LogP contribution in [0.2, 0.25) is 0 Å². The highest BCUT2D eigenvalue weighted by Gasteiger charge is 2.12. The van der Waals surface area contributed by atoms with E-state index in [1.54, 1.807) is 10.6 Å². The number of esters is 1. The van der Waals surface area contributed by atoms with Gasteiger partial charge in [-0.15, -0.1) is 0 Å². The van der Waals surface area contributed by atoms with Crippen molar-refractivity contribution in [1.82, 2.24) is 9.38 Å². The van der Waals surface area contributed by atoms with E-state index in [4.69, 9.17) is 10.00 Å². The molecule has 0 spiro atoms. The number of hydrogen-bond donors (Lipinski definition) is 0. The number of nitrogens with zero attached hydrogens (tertiary/aromatic N) is 3. The highest BCUT2D eigenvalue weighted by Crippen LogP contribution is 2.16. The van der Waals surface area contributed by atoms with Gasteiger partial charge in [0.1, 0.15) is 17.3 Å². The van der Waals surface area contributed by atoms with Crippen molar-refractivity contribution in [1.29, 1.82) is 5.26 Å². The summed E-state index contributed by atoms with van der Waals surface area (Å²) >= 11 is 3.38. The first kappa shape index (κ1) is 15.3. The van der Waals surface area contributed by atoms with Crippen molar-refractivity contribution in [2.24, 2.45) is 0 Å². The number of halogens is 1. The number of imidazole rings is 1. The van der Waals surface area contributed by atoms with Gasteiger partial charge in [-0.05, 0) is 40.6 Å². The molecule has 0 bridgehead atoms. The van der Waals surface area contributed by atoms with Crippen LogP contribution in [0.3, 0.4) is 0 Å². The van der Waals surface area contributed by atoms with Crippen LogP contribution in [0.5, 0.6) is 0 Å². The summed E-state index contributed by atoms with van der Waals surface area (Å²) in [6.45, 7) is 2.33. The van der Waals surface area contributed by atoms with Crippen LogP contribution in [0.25, 0.3) is 11.7 Å². The Kier molecular flexibility index (Phi) is 5.12. The van der Waals surface area contributed by atoms with Crippen molar-refractivity contribution in [3.63, 3.8) is 0 Å². The number of hydrogen-bond acceptors (Lipinski definition) is 4. The Morgan fingerprint density at radius 1 is 1.57 bits per heavy atom. The molecule has 21 heavy (non-hydrogen) atoms. The lowest BCUT2D eigenvalue weighted by molar-refractivity contribution is -0.138. The average molecular weight is 348 g/mol. The minimum atomic E-state index is -0.601. The van der Waals surface area contributed by atoms with E-state index < -0.39 is 5.97 Å². The first-order valence-electron chi connectivity index (χ1n) is 6.57. The number of aromatic nitrogens is 2. The number of ether oxygens (including phenoxy) is 1. The summed E-state index contributed by atoms with van der Waals surface area (Å²) < 4.78 is 7.72. The summed E-state index contributed by atoms with van der Waals surface area (Å²) in [7, 11) is 0. The molecule has 0 unspecified atom stereocenters. The minimum absolute atomic E-state index is 0.0344. The first-order valence-corrected chi connectivity index (χ1v) is 7.36. The molecule has 0 aromatic carbocycles. The zero-order valence-electron chi connectivity index (χ0n) is 11.5. The topological polar surface area (TPSA) is 67.4 Å². The third-order valence-electron chi connectivity index (χ3n) is 2.86. The zero-order chi connectivity index (χ0) is 15.2. The van der Waals surface area contributed by atoms with Crippen LogP contribution in [-0.2, 0) is 9.53 Å². The molecular weight excluding hydrogens is 334 g/mol. The van der Waals surface area contributed by atoms with E-state index in [9.17, 15) is 4.79 Å². The van der Waals surface area contributed by atoms with Crippen LogP contribution in [-0.4, -0.2) is 22.0 Å². The number of unbranched alkanes of at least 4 members (excludes halogenated alkanes) is 1. The maximum atomic E-state index is 11.8. The molecule has 0 saturated heterocycles. The van der Waals surface area contributed by atoms with E-state index in [0.717, 1.165) is 23.0 Å². The summed E-state index contributed by atoms with van der Waals surface area (Å²) in [6.07, 6.45) is 6.64. The van der Waals surface area contributed by atoms with Crippen molar-refractivity contribution in [3.05, 3.63) is 40.3 Å². The smallest absolute Gasteiger partial charge is 0.348 e. The Labute approximate surface area is 131 Å². The molecule has 0 N–H and O–H groups in total. The lowest BCUT2D eigenvalue weighted by atomic mass is 10.2. The number of pyridine rings is 1. The van der Waals surface area contributed by atoms with Crippen molar-refractivity contribution < 1.29 is 9.53 Å². The Morgan fingerprint density at radius 3 is 3.10 bits per heavy atom. The van der Waals surface area contributed by atoms with Crippen molar-refractivity contribution in [2.45, 2.75) is 19.8 Å². The molecule has 0 saturated carbocycles. The molecule has 2 heterocycles. The van der Waals surface area contributed by atoms with Crippen LogP contribution < -0.4 is 0 Å². The predicted molar refractivity (Wildman–Crippen MR) is 82.3 cm³/mol. The fraction of sp³-hybridized carbons (Fsp3) is 0.267. The Morgan fingerprint density at radius 2 is 2.38 bits per heavy atom. The predicted octanol–water partition coefficient (Wildman–Crippen LogP) is 3.35. The van der Waals surface area contributed by atoms with Crippen LogP contribution in [0.4, 0.5) is 0 Å². The van der Waals surface area contributed by atoms with Crippen LogP contribution in [0.15, 0.2) is 34.6 Å². The fourth-order valence-corrected chi connectivity index (χ4v) is 2.09. The lowest BCUT2D eigenvalue weighted by Gasteiger charge is -2.02. The molecule has 0 aliphatic carbocycles. The SMILES string of the molecule is CCCCOC(=O)/C(C#N)=C\c1cnc2ccc(Br)cn12. The number of fused-ring (bicyclic) bond motifs is 1. The number of rotatable bonds is 5. The number of nitriles is 1. The number of carbonyl (C=O) groups excluding carboxylic acids is 1. The van der Waals surface area contributed by atoms with Gasteiger partial charge >= 0.3 is 5.97 Å². The Bertz CT molecular complexity index is 728. The molecular formula is C15H14BrN3O2. The summed E-state index contributed by atoms with van der Waals surface area (Å²) in [6, 6.07) is 5.60. The van der Waals surface area contributed by atoms with E-state index in [2.05, 4.69) is 20.9 Å². The molecule has 0 fully saturated rings. The molecule has 0 aliphatic heterocycles. The van der Waals surface area contributed by atoms with Crippen LogP contribution >= 0.6 is 15.9 Å². The first-order chi connectivity index (χ1) is 10.2. The largest absolute Gasteiger partial charge is 0.462 e. The molecule has 2 rings (SSSR count). The van der Waals surface area contributed by atoms with Gasteiger partial charge in [0, 0.05) is 10.7 Å². The van der Waals surface area contributed by atoms with Gasteiger partial charge in [0.05, 0.1) is 18.5 Å². The van der Waals surface area contributed by atoms with Crippen LogP contribution in [0.1, 0.15) is 25.5 Å². The molecule has 2 aromatic rings. The van der Waals surface area contributed by atoms with Gasteiger partial charge in [0.15, 0.2) is 0 Å². The maximum Gasteiger partial charge on any atom is 0.348 e. The normalized spacial score (nSPS) is 11.4. The summed E-state index contributed by atoms with van der Waals surface area (Å²) in [5.41, 5.74) is 1.35. The monoisotopic (exact) mass is 347 g/mol. The van der Waals surface area contributed by atoms with Gasteiger partial charge < -0.3 is 4.74 Å². The van der Waals surface area contributed by atoms with Crippen molar-refractivity contribution in [3.8, 4) is 6.07 Å². The molecule has 0 amide bonds. The highest BCUT2D eigenvalue weighted by molar-refractivity contribution is 9.10. The second-order valence-corrected chi connectivity index (χ2v) is 5.33.